The summed E-state index contributed by atoms with van der Waals surface area (Å²) in [6, 6.07) is 43.1. The Morgan fingerprint density at radius 3 is 1.75 bits per heavy atom. The van der Waals surface area contributed by atoms with Crippen LogP contribution in [0.2, 0.25) is 5.04 Å². The molecule has 0 spiro atoms. The second-order valence-corrected chi connectivity index (χ2v) is 19.6. The fourth-order valence-corrected chi connectivity index (χ4v) is 14.1. The fraction of sp³-hybridized carbons (Fsp3) is 0.270. The molecule has 0 unspecified atom stereocenters. The molecule has 0 aromatic heterocycles. The Hall–Kier alpha value is -3.07. The van der Waals surface area contributed by atoms with Gasteiger partial charge < -0.3 is 14.1 Å². The zero-order valence-corrected chi connectivity index (χ0v) is 28.2. The fourth-order valence-electron chi connectivity index (χ4n) is 6.29. The predicted molar refractivity (Wildman–Crippen MR) is 189 cm³/mol. The molecule has 1 fully saturated rings. The summed E-state index contributed by atoms with van der Waals surface area (Å²) in [4.78, 5) is 9.29. The van der Waals surface area contributed by atoms with Gasteiger partial charge in [-0.3, -0.25) is 4.99 Å². The van der Waals surface area contributed by atoms with Crippen LogP contribution in [0.5, 0.6) is 0 Å². The van der Waals surface area contributed by atoms with Gasteiger partial charge in [0.15, 0.2) is 6.23 Å². The highest BCUT2D eigenvalue weighted by Crippen LogP contribution is 2.56. The lowest BCUT2D eigenvalue weighted by molar-refractivity contribution is -0.0479. The number of hydrogen-bond acceptors (Lipinski definition) is 6. The molecule has 226 valence electrons. The topological polar surface area (TPSA) is 34.1 Å². The maximum absolute atomic E-state index is 7.41. The molecule has 1 saturated heterocycles. The van der Waals surface area contributed by atoms with Gasteiger partial charge >= 0.3 is 0 Å². The van der Waals surface area contributed by atoms with Crippen LogP contribution >= 0.6 is 23.5 Å². The molecule has 0 aliphatic carbocycles. The van der Waals surface area contributed by atoms with Crippen molar-refractivity contribution in [1.29, 1.82) is 0 Å². The number of hydrogen-bond donors (Lipinski definition) is 0. The zero-order chi connectivity index (χ0) is 30.5. The monoisotopic (exact) mass is 636 g/mol. The van der Waals surface area contributed by atoms with E-state index in [-0.39, 0.29) is 21.4 Å². The standard InChI is InChI=1S/C37H40N2O2S2Si/c1-36(2,3)44(33-21-12-6-13-22-33,34-23-14-7-15-24-34)40-28-30-27-37(42-31-17-8-4-9-18-31,43-32-19-10-5-11-20-32)35(41-30)39-26-16-25-38-29-39/h4-26,30,35H,27-29H2,1-3H3/t30-,35+/m0/s1. The summed E-state index contributed by atoms with van der Waals surface area (Å²) in [5.41, 5.74) is 0. The molecule has 0 N–H and O–H groups in total. The third-order valence-electron chi connectivity index (χ3n) is 8.20. The van der Waals surface area contributed by atoms with E-state index in [0.717, 1.165) is 6.42 Å². The normalized spacial score (nSPS) is 19.8. The van der Waals surface area contributed by atoms with Crippen molar-refractivity contribution in [1.82, 2.24) is 4.90 Å². The largest absolute Gasteiger partial charge is 0.405 e. The molecule has 2 aliphatic heterocycles. The van der Waals surface area contributed by atoms with Crippen molar-refractivity contribution in [3.63, 3.8) is 0 Å². The molecule has 2 atom stereocenters. The summed E-state index contributed by atoms with van der Waals surface area (Å²) < 4.78 is 14.2. The van der Waals surface area contributed by atoms with Crippen molar-refractivity contribution in [2.45, 2.75) is 58.4 Å². The summed E-state index contributed by atoms with van der Waals surface area (Å²) >= 11 is 3.79. The first-order valence-electron chi connectivity index (χ1n) is 15.2. The average Bonchev–Trinajstić information content (AvgIpc) is 3.40. The Bertz CT molecular complexity index is 1470. The van der Waals surface area contributed by atoms with Gasteiger partial charge in [0.05, 0.1) is 12.7 Å². The number of benzene rings is 4. The van der Waals surface area contributed by atoms with Crippen molar-refractivity contribution in [3.8, 4) is 0 Å². The van der Waals surface area contributed by atoms with Crippen LogP contribution < -0.4 is 10.4 Å². The van der Waals surface area contributed by atoms with E-state index in [1.165, 1.54) is 20.2 Å². The van der Waals surface area contributed by atoms with E-state index in [1.54, 1.807) is 0 Å². The number of rotatable bonds is 10. The van der Waals surface area contributed by atoms with Crippen LogP contribution in [0.3, 0.4) is 0 Å². The third kappa shape index (κ3) is 6.48. The molecule has 4 nitrogen and oxygen atoms in total. The molecule has 4 aromatic carbocycles. The van der Waals surface area contributed by atoms with Crippen molar-refractivity contribution in [3.05, 3.63) is 134 Å². The number of allylic oxidation sites excluding steroid dienone is 1. The van der Waals surface area contributed by atoms with Gasteiger partial charge in [-0.25, -0.2) is 0 Å². The summed E-state index contributed by atoms with van der Waals surface area (Å²) in [5.74, 6) is 0. The van der Waals surface area contributed by atoms with E-state index in [1.807, 2.05) is 35.8 Å². The summed E-state index contributed by atoms with van der Waals surface area (Å²) in [6.45, 7) is 8.06. The molecule has 2 heterocycles. The maximum atomic E-state index is 7.41. The van der Waals surface area contributed by atoms with Crippen molar-refractivity contribution < 1.29 is 9.16 Å². The Kier molecular flexibility index (Phi) is 9.50. The highest BCUT2D eigenvalue weighted by molar-refractivity contribution is 8.18. The minimum atomic E-state index is -2.72. The van der Waals surface area contributed by atoms with E-state index in [9.17, 15) is 0 Å². The maximum Gasteiger partial charge on any atom is 0.261 e. The molecule has 44 heavy (non-hydrogen) atoms. The Morgan fingerprint density at radius 2 is 1.30 bits per heavy atom. The van der Waals surface area contributed by atoms with Crippen LogP contribution in [0.25, 0.3) is 0 Å². The first-order valence-corrected chi connectivity index (χ1v) is 18.7. The molecule has 0 radical (unpaired) electrons. The van der Waals surface area contributed by atoms with E-state index in [0.29, 0.717) is 13.3 Å². The van der Waals surface area contributed by atoms with Crippen molar-refractivity contribution >= 4 is 48.4 Å². The predicted octanol–water partition coefficient (Wildman–Crippen LogP) is 7.82. The van der Waals surface area contributed by atoms with Gasteiger partial charge in [0.25, 0.3) is 8.32 Å². The first kappa shape index (κ1) is 30.9. The van der Waals surface area contributed by atoms with Crippen LogP contribution in [-0.2, 0) is 9.16 Å². The Morgan fingerprint density at radius 1 is 0.795 bits per heavy atom. The first-order chi connectivity index (χ1) is 21.4. The van der Waals surface area contributed by atoms with Gasteiger partial charge in [-0.1, -0.05) is 118 Å². The van der Waals surface area contributed by atoms with Gasteiger partial charge in [0.2, 0.25) is 0 Å². The van der Waals surface area contributed by atoms with Gasteiger partial charge in [0, 0.05) is 28.6 Å². The minimum Gasteiger partial charge on any atom is -0.405 e. The van der Waals surface area contributed by atoms with Crippen LogP contribution in [0.15, 0.2) is 148 Å². The number of aliphatic imine (C=N–C) groups is 1. The van der Waals surface area contributed by atoms with Crippen LogP contribution in [0, 0.1) is 0 Å². The quantitative estimate of drug-likeness (QED) is 0.131. The van der Waals surface area contributed by atoms with Gasteiger partial charge in [-0.15, -0.1) is 23.5 Å². The van der Waals surface area contributed by atoms with E-state index in [2.05, 4.69) is 158 Å². The second-order valence-electron chi connectivity index (χ2n) is 12.3. The van der Waals surface area contributed by atoms with Crippen LogP contribution in [-0.4, -0.2) is 49.1 Å². The van der Waals surface area contributed by atoms with E-state index < -0.39 is 8.32 Å². The highest BCUT2D eigenvalue weighted by Gasteiger charge is 2.55. The van der Waals surface area contributed by atoms with Gasteiger partial charge in [-0.05, 0) is 45.8 Å². The second kappa shape index (κ2) is 13.5. The third-order valence-corrected chi connectivity index (χ3v) is 16.1. The molecule has 0 amide bonds. The summed E-state index contributed by atoms with van der Waals surface area (Å²) in [5, 5.41) is 2.46. The Balaban J connectivity index is 1.38. The van der Waals surface area contributed by atoms with Crippen LogP contribution in [0.4, 0.5) is 0 Å². The van der Waals surface area contributed by atoms with Crippen molar-refractivity contribution in [2.24, 2.45) is 4.99 Å². The van der Waals surface area contributed by atoms with Crippen LogP contribution in [0.1, 0.15) is 27.2 Å². The van der Waals surface area contributed by atoms with E-state index in [4.69, 9.17) is 9.16 Å². The number of nitrogens with zero attached hydrogens (tertiary/aromatic N) is 2. The lowest BCUT2D eigenvalue weighted by Crippen LogP contribution is -2.67. The highest BCUT2D eigenvalue weighted by atomic mass is 32.2. The molecular weight excluding hydrogens is 597 g/mol. The van der Waals surface area contributed by atoms with Crippen molar-refractivity contribution in [2.75, 3.05) is 13.3 Å². The number of ether oxygens (including phenoxy) is 1. The smallest absolute Gasteiger partial charge is 0.261 e. The lowest BCUT2D eigenvalue weighted by Gasteiger charge is -2.43. The van der Waals surface area contributed by atoms with Gasteiger partial charge in [0.1, 0.15) is 10.7 Å². The molecule has 6 rings (SSSR count). The van der Waals surface area contributed by atoms with E-state index >= 15 is 0 Å². The minimum absolute atomic E-state index is 0.103. The molecule has 7 heteroatoms. The molecule has 4 aromatic rings. The van der Waals surface area contributed by atoms with Gasteiger partial charge in [-0.2, -0.15) is 0 Å². The Labute approximate surface area is 271 Å². The molecule has 0 saturated carbocycles. The summed E-state index contributed by atoms with van der Waals surface area (Å²) in [6.07, 6.45) is 6.50. The summed E-state index contributed by atoms with van der Waals surface area (Å²) in [7, 11) is -2.72. The number of thioether (sulfide) groups is 2. The average molecular weight is 637 g/mol. The lowest BCUT2D eigenvalue weighted by atomic mass is 10.2. The molecule has 0 bridgehead atoms. The zero-order valence-electron chi connectivity index (χ0n) is 25.6. The SMILES string of the molecule is CC(C)(C)[Si](OC[C@@H]1CC(Sc2ccccc2)(Sc2ccccc2)[C@H](N2C=CC=NC2)O1)(c1ccccc1)c1ccccc1. The molecular formula is C37H40N2O2S2Si. The molecule has 2 aliphatic rings.